The van der Waals surface area contributed by atoms with E-state index in [0.717, 1.165) is 4.68 Å². The molecule has 104 valence electrons. The van der Waals surface area contributed by atoms with Gasteiger partial charge in [0.2, 0.25) is 0 Å². The maximum Gasteiger partial charge on any atom is 0.256 e. The summed E-state index contributed by atoms with van der Waals surface area (Å²) in [5.41, 5.74) is -0.0712. The van der Waals surface area contributed by atoms with E-state index >= 15 is 0 Å². The Balaban J connectivity index is 2.67. The number of nitrogens with two attached hydrogens (primary N) is 1. The molecule has 0 radical (unpaired) electrons. The van der Waals surface area contributed by atoms with Crippen LogP contribution in [0, 0.1) is 0 Å². The molecular formula is C12H12N4O3S. The molecule has 2 N–H and O–H groups in total. The molecule has 0 aliphatic heterocycles. The number of pyridine rings is 1. The summed E-state index contributed by atoms with van der Waals surface area (Å²) in [4.78, 5) is 15.9. The SMILES string of the molecule is C=CCC(=O)c1cnn(-c2ccccn2)c1S(N)(=O)=O. The summed E-state index contributed by atoms with van der Waals surface area (Å²) in [6.45, 7) is 3.44. The molecule has 0 saturated heterocycles. The lowest BCUT2D eigenvalue weighted by molar-refractivity contribution is 0.0992. The molecule has 20 heavy (non-hydrogen) atoms. The number of nitrogens with zero attached hydrogens (tertiary/aromatic N) is 3. The molecule has 0 unspecified atom stereocenters. The molecule has 0 aliphatic rings. The highest BCUT2D eigenvalue weighted by atomic mass is 32.2. The van der Waals surface area contributed by atoms with Crippen molar-refractivity contribution in [2.75, 3.05) is 0 Å². The van der Waals surface area contributed by atoms with Crippen molar-refractivity contribution in [3.63, 3.8) is 0 Å². The molecule has 0 atom stereocenters. The summed E-state index contributed by atoms with van der Waals surface area (Å²) in [5.74, 6) is -0.166. The number of sulfonamides is 1. The Hall–Kier alpha value is -2.32. The van der Waals surface area contributed by atoms with Crippen LogP contribution in [0.3, 0.4) is 0 Å². The van der Waals surface area contributed by atoms with Crippen LogP contribution >= 0.6 is 0 Å². The molecule has 2 heterocycles. The van der Waals surface area contributed by atoms with E-state index in [1.165, 1.54) is 18.5 Å². The number of carbonyl (C=O) groups is 1. The molecule has 0 spiro atoms. The average Bonchev–Trinajstić information content (AvgIpc) is 2.84. The fourth-order valence-electron chi connectivity index (χ4n) is 1.69. The summed E-state index contributed by atoms with van der Waals surface area (Å²) >= 11 is 0. The zero-order chi connectivity index (χ0) is 14.8. The Kier molecular flexibility index (Phi) is 3.77. The number of carbonyl (C=O) groups excluding carboxylic acids is 1. The second-order valence-corrected chi connectivity index (χ2v) is 5.40. The first-order valence-corrected chi connectivity index (χ1v) is 7.16. The Bertz CT molecular complexity index is 750. The van der Waals surface area contributed by atoms with Gasteiger partial charge in [-0.3, -0.25) is 4.79 Å². The molecule has 0 fully saturated rings. The summed E-state index contributed by atoms with van der Waals surface area (Å²) in [5, 5.41) is 8.70. The van der Waals surface area contributed by atoms with E-state index in [9.17, 15) is 13.2 Å². The van der Waals surface area contributed by atoms with Gasteiger partial charge in [0, 0.05) is 12.6 Å². The highest BCUT2D eigenvalue weighted by Gasteiger charge is 2.26. The Labute approximate surface area is 115 Å². The van der Waals surface area contributed by atoms with Gasteiger partial charge in [0.05, 0.1) is 11.8 Å². The molecule has 0 amide bonds. The second-order valence-electron chi connectivity index (χ2n) is 3.92. The van der Waals surface area contributed by atoms with E-state index in [1.807, 2.05) is 0 Å². The molecule has 0 aliphatic carbocycles. The molecule has 0 aromatic carbocycles. The van der Waals surface area contributed by atoms with Gasteiger partial charge in [0.15, 0.2) is 16.6 Å². The van der Waals surface area contributed by atoms with Crippen molar-refractivity contribution < 1.29 is 13.2 Å². The van der Waals surface area contributed by atoms with Crippen molar-refractivity contribution in [2.24, 2.45) is 5.14 Å². The monoisotopic (exact) mass is 292 g/mol. The fraction of sp³-hybridized carbons (Fsp3) is 0.0833. The van der Waals surface area contributed by atoms with E-state index in [1.54, 1.807) is 18.2 Å². The van der Waals surface area contributed by atoms with Gasteiger partial charge in [0.1, 0.15) is 0 Å². The molecule has 7 nitrogen and oxygen atoms in total. The first-order chi connectivity index (χ1) is 9.45. The summed E-state index contributed by atoms with van der Waals surface area (Å²) < 4.78 is 24.5. The smallest absolute Gasteiger partial charge is 0.256 e. The zero-order valence-corrected chi connectivity index (χ0v) is 11.2. The highest BCUT2D eigenvalue weighted by Crippen LogP contribution is 2.19. The zero-order valence-electron chi connectivity index (χ0n) is 10.4. The maximum absolute atomic E-state index is 11.9. The van der Waals surface area contributed by atoms with Crippen LogP contribution in [-0.2, 0) is 10.0 Å². The predicted octanol–water partition coefficient (Wildman–Crippen LogP) is 0.674. The molecule has 0 bridgehead atoms. The minimum Gasteiger partial charge on any atom is -0.294 e. The van der Waals surface area contributed by atoms with E-state index in [0.29, 0.717) is 0 Å². The number of hydrogen-bond donors (Lipinski definition) is 1. The van der Waals surface area contributed by atoms with Crippen LogP contribution in [0.5, 0.6) is 0 Å². The third-order valence-electron chi connectivity index (χ3n) is 2.49. The van der Waals surface area contributed by atoms with E-state index in [2.05, 4.69) is 16.7 Å². The van der Waals surface area contributed by atoms with Gasteiger partial charge in [-0.1, -0.05) is 12.1 Å². The number of Topliss-reactive ketones (excluding diaryl/α,β-unsaturated/α-hetero) is 1. The molecular weight excluding hydrogens is 280 g/mol. The molecule has 2 aromatic heterocycles. The average molecular weight is 292 g/mol. The predicted molar refractivity (Wildman–Crippen MR) is 71.9 cm³/mol. The van der Waals surface area contributed by atoms with E-state index in [-0.39, 0.29) is 22.8 Å². The van der Waals surface area contributed by atoms with E-state index in [4.69, 9.17) is 5.14 Å². The van der Waals surface area contributed by atoms with Crippen molar-refractivity contribution >= 4 is 15.8 Å². The van der Waals surface area contributed by atoms with Gasteiger partial charge in [-0.15, -0.1) is 6.58 Å². The topological polar surface area (TPSA) is 108 Å². The third-order valence-corrected chi connectivity index (χ3v) is 3.42. The number of aromatic nitrogens is 3. The fourth-order valence-corrected chi connectivity index (χ4v) is 2.54. The minimum absolute atomic E-state index is 0.00354. The number of hydrogen-bond acceptors (Lipinski definition) is 5. The van der Waals surface area contributed by atoms with Crippen LogP contribution < -0.4 is 5.14 Å². The number of primary sulfonamides is 1. The highest BCUT2D eigenvalue weighted by molar-refractivity contribution is 7.89. The lowest BCUT2D eigenvalue weighted by Crippen LogP contribution is -2.20. The summed E-state index contributed by atoms with van der Waals surface area (Å²) in [7, 11) is -4.13. The molecule has 8 heteroatoms. The largest absolute Gasteiger partial charge is 0.294 e. The van der Waals surface area contributed by atoms with Crippen LogP contribution in [0.15, 0.2) is 48.3 Å². The number of rotatable bonds is 5. The first kappa shape index (κ1) is 14.1. The van der Waals surface area contributed by atoms with Crippen molar-refractivity contribution in [2.45, 2.75) is 11.4 Å². The van der Waals surface area contributed by atoms with Crippen molar-refractivity contribution in [3.05, 3.63) is 48.8 Å². The van der Waals surface area contributed by atoms with Crippen molar-refractivity contribution in [1.82, 2.24) is 14.8 Å². The van der Waals surface area contributed by atoms with Gasteiger partial charge in [0.25, 0.3) is 10.0 Å². The van der Waals surface area contributed by atoms with Crippen LogP contribution in [0.2, 0.25) is 0 Å². The lowest BCUT2D eigenvalue weighted by atomic mass is 10.2. The molecule has 2 rings (SSSR count). The molecule has 2 aromatic rings. The standard InChI is InChI=1S/C12H12N4O3S/c1-2-5-10(17)9-8-15-16(12(9)20(13,18)19)11-6-3-4-7-14-11/h2-4,6-8H,1,5H2,(H2,13,18,19). The Morgan fingerprint density at radius 3 is 2.75 bits per heavy atom. The quantitative estimate of drug-likeness (QED) is 0.643. The number of ketones is 1. The van der Waals surface area contributed by atoms with Crippen LogP contribution in [0.1, 0.15) is 16.8 Å². The van der Waals surface area contributed by atoms with Crippen molar-refractivity contribution in [3.8, 4) is 5.82 Å². The van der Waals surface area contributed by atoms with Crippen LogP contribution in [0.4, 0.5) is 0 Å². The third kappa shape index (κ3) is 2.65. The van der Waals surface area contributed by atoms with Gasteiger partial charge in [-0.05, 0) is 12.1 Å². The van der Waals surface area contributed by atoms with Crippen LogP contribution in [-0.4, -0.2) is 29.0 Å². The first-order valence-electron chi connectivity index (χ1n) is 5.61. The van der Waals surface area contributed by atoms with Crippen LogP contribution in [0.25, 0.3) is 5.82 Å². The summed E-state index contributed by atoms with van der Waals surface area (Å²) in [6, 6.07) is 4.90. The summed E-state index contributed by atoms with van der Waals surface area (Å²) in [6.07, 6.45) is 4.03. The van der Waals surface area contributed by atoms with E-state index < -0.39 is 15.8 Å². The van der Waals surface area contributed by atoms with Gasteiger partial charge in [-0.2, -0.15) is 5.10 Å². The normalized spacial score (nSPS) is 11.2. The lowest BCUT2D eigenvalue weighted by Gasteiger charge is -2.05. The number of allylic oxidation sites excluding steroid dienone is 1. The van der Waals surface area contributed by atoms with Gasteiger partial charge in [-0.25, -0.2) is 23.2 Å². The minimum atomic E-state index is -4.13. The second kappa shape index (κ2) is 5.35. The van der Waals surface area contributed by atoms with Crippen molar-refractivity contribution in [1.29, 1.82) is 0 Å². The maximum atomic E-state index is 11.9. The molecule has 0 saturated carbocycles. The Morgan fingerprint density at radius 2 is 2.20 bits per heavy atom. The van der Waals surface area contributed by atoms with Gasteiger partial charge >= 0.3 is 0 Å². The Morgan fingerprint density at radius 1 is 1.45 bits per heavy atom. The van der Waals surface area contributed by atoms with Gasteiger partial charge < -0.3 is 0 Å².